The van der Waals surface area contributed by atoms with E-state index in [9.17, 15) is 0 Å². The van der Waals surface area contributed by atoms with E-state index in [0.29, 0.717) is 0 Å². The van der Waals surface area contributed by atoms with Crippen LogP contribution in [0.2, 0.25) is 0 Å². The van der Waals surface area contributed by atoms with Crippen LogP contribution in [0.1, 0.15) is 13.3 Å². The second-order valence-electron chi connectivity index (χ2n) is 1.96. The number of amidine groups is 1. The molecule has 0 aromatic heterocycles. The van der Waals surface area contributed by atoms with Gasteiger partial charge in [-0.1, -0.05) is 0 Å². The van der Waals surface area contributed by atoms with Gasteiger partial charge in [-0.2, -0.15) is 0 Å². The molecule has 5 heteroatoms. The standard InChI is InChI=1S/C6H16N4Se/c1-4-5-9-6(11)10(7-2)8-3/h7-8H,4-5H2,1-3H3,(H,9,11). The van der Waals surface area contributed by atoms with Crippen molar-refractivity contribution < 1.29 is 0 Å². The van der Waals surface area contributed by atoms with E-state index in [4.69, 9.17) is 0 Å². The Morgan fingerprint density at radius 3 is 2.36 bits per heavy atom. The van der Waals surface area contributed by atoms with Crippen LogP contribution in [0.4, 0.5) is 0 Å². The number of aliphatic imine (C=N–C) groups is 1. The third-order valence-corrected chi connectivity index (χ3v) is 1.84. The summed E-state index contributed by atoms with van der Waals surface area (Å²) in [5, 5.41) is 1.75. The van der Waals surface area contributed by atoms with Crippen LogP contribution >= 0.6 is 0 Å². The minimum atomic E-state index is 0.865. The van der Waals surface area contributed by atoms with Gasteiger partial charge < -0.3 is 0 Å². The van der Waals surface area contributed by atoms with Gasteiger partial charge in [0.05, 0.1) is 0 Å². The van der Waals surface area contributed by atoms with Crippen molar-refractivity contribution >= 4 is 20.7 Å². The summed E-state index contributed by atoms with van der Waals surface area (Å²) in [5.74, 6) is 0. The molecule has 0 aliphatic rings. The predicted octanol–water partition coefficient (Wildman–Crippen LogP) is -0.776. The monoisotopic (exact) mass is 224 g/mol. The van der Waals surface area contributed by atoms with Crippen LogP contribution in [-0.4, -0.2) is 46.5 Å². The van der Waals surface area contributed by atoms with Gasteiger partial charge in [0.25, 0.3) is 0 Å². The van der Waals surface area contributed by atoms with E-state index in [2.05, 4.69) is 38.8 Å². The molecule has 0 saturated heterocycles. The van der Waals surface area contributed by atoms with Crippen LogP contribution < -0.4 is 10.9 Å². The Labute approximate surface area is 76.2 Å². The maximum absolute atomic E-state index is 4.27. The third kappa shape index (κ3) is 4.37. The molecule has 0 aliphatic carbocycles. The first-order valence-corrected chi connectivity index (χ1v) is 4.58. The normalized spacial score (nSPS) is 11.8. The molecule has 0 fully saturated rings. The Morgan fingerprint density at radius 2 is 2.00 bits per heavy atom. The number of hydrazine groups is 2. The zero-order valence-electron chi connectivity index (χ0n) is 7.26. The van der Waals surface area contributed by atoms with E-state index in [-0.39, 0.29) is 0 Å². The van der Waals surface area contributed by atoms with Crippen LogP contribution in [-0.2, 0) is 0 Å². The van der Waals surface area contributed by atoms with Gasteiger partial charge in [-0.05, 0) is 0 Å². The van der Waals surface area contributed by atoms with Crippen molar-refractivity contribution in [3.8, 4) is 0 Å². The Morgan fingerprint density at radius 1 is 1.45 bits per heavy atom. The van der Waals surface area contributed by atoms with Crippen LogP contribution in [0, 0.1) is 0 Å². The quantitative estimate of drug-likeness (QED) is 0.284. The second-order valence-corrected chi connectivity index (χ2v) is 2.80. The van der Waals surface area contributed by atoms with Gasteiger partial charge in [0, 0.05) is 0 Å². The molecule has 0 spiro atoms. The Kier molecular flexibility index (Phi) is 6.55. The topological polar surface area (TPSA) is 39.7 Å². The molecule has 0 aromatic carbocycles. The van der Waals surface area contributed by atoms with Crippen molar-refractivity contribution in [2.24, 2.45) is 4.99 Å². The molecular formula is C6H16N4Se. The van der Waals surface area contributed by atoms with Gasteiger partial charge in [0.15, 0.2) is 0 Å². The van der Waals surface area contributed by atoms with E-state index >= 15 is 0 Å². The van der Waals surface area contributed by atoms with Crippen LogP contribution in [0.3, 0.4) is 0 Å². The zero-order valence-corrected chi connectivity index (χ0v) is 9.13. The molecule has 2 N–H and O–H groups in total. The van der Waals surface area contributed by atoms with Crippen molar-refractivity contribution in [1.82, 2.24) is 16.0 Å². The second kappa shape index (κ2) is 6.61. The fraction of sp³-hybridized carbons (Fsp3) is 0.833. The predicted molar refractivity (Wildman–Crippen MR) is 49.7 cm³/mol. The molecule has 0 rings (SSSR count). The van der Waals surface area contributed by atoms with E-state index in [0.717, 1.165) is 17.7 Å². The molecule has 0 bridgehead atoms. The van der Waals surface area contributed by atoms with Gasteiger partial charge in [0.2, 0.25) is 0 Å². The zero-order chi connectivity index (χ0) is 8.69. The first-order valence-electron chi connectivity index (χ1n) is 3.64. The van der Waals surface area contributed by atoms with Crippen molar-refractivity contribution in [3.05, 3.63) is 0 Å². The van der Waals surface area contributed by atoms with Gasteiger partial charge in [0.1, 0.15) is 0 Å². The first kappa shape index (κ1) is 10.9. The summed E-state index contributed by atoms with van der Waals surface area (Å²) in [6.07, 6.45) is 1.07. The fourth-order valence-electron chi connectivity index (χ4n) is 0.594. The summed E-state index contributed by atoms with van der Waals surface area (Å²) in [4.78, 5) is 4.27. The van der Waals surface area contributed by atoms with Crippen molar-refractivity contribution in [2.45, 2.75) is 13.3 Å². The Balaban J connectivity index is 3.85. The molecule has 0 unspecified atom stereocenters. The van der Waals surface area contributed by atoms with Crippen molar-refractivity contribution in [2.75, 3.05) is 20.6 Å². The summed E-state index contributed by atoms with van der Waals surface area (Å²) in [7, 11) is 3.68. The Bertz CT molecular complexity index is 122. The molecule has 66 valence electrons. The molecule has 0 heterocycles. The van der Waals surface area contributed by atoms with Crippen LogP contribution in [0.25, 0.3) is 0 Å². The summed E-state index contributed by atoms with van der Waals surface area (Å²) in [5.41, 5.74) is 5.87. The SMILES string of the molecule is CCCN=C([SeH])N(NC)NC. The summed E-state index contributed by atoms with van der Waals surface area (Å²) in [6, 6.07) is 0. The average molecular weight is 223 g/mol. The van der Waals surface area contributed by atoms with E-state index < -0.39 is 0 Å². The van der Waals surface area contributed by atoms with Gasteiger partial charge in [-0.25, -0.2) is 0 Å². The molecule has 0 radical (unpaired) electrons. The van der Waals surface area contributed by atoms with Crippen LogP contribution in [0.15, 0.2) is 4.99 Å². The molecule has 4 nitrogen and oxygen atoms in total. The van der Waals surface area contributed by atoms with E-state index in [1.807, 2.05) is 14.1 Å². The molecule has 0 saturated carbocycles. The molecule has 0 aromatic rings. The number of nitrogens with one attached hydrogen (secondary N) is 2. The summed E-state index contributed by atoms with van der Waals surface area (Å²) >= 11 is 2.41. The van der Waals surface area contributed by atoms with Crippen molar-refractivity contribution in [3.63, 3.8) is 0 Å². The number of hydrogen-bond acceptors (Lipinski definition) is 3. The van der Waals surface area contributed by atoms with Crippen molar-refractivity contribution in [1.29, 1.82) is 0 Å². The Hall–Kier alpha value is -0.0905. The van der Waals surface area contributed by atoms with Gasteiger partial charge in [-0.15, -0.1) is 0 Å². The minimum absolute atomic E-state index is 0.865. The van der Waals surface area contributed by atoms with E-state index in [1.165, 1.54) is 0 Å². The van der Waals surface area contributed by atoms with Gasteiger partial charge >= 0.3 is 75.7 Å². The molecule has 11 heavy (non-hydrogen) atoms. The average Bonchev–Trinajstić information content (AvgIpc) is 2.03. The van der Waals surface area contributed by atoms with Crippen LogP contribution in [0.5, 0.6) is 0 Å². The number of nitrogens with zero attached hydrogens (tertiary/aromatic N) is 2. The molecule has 0 aliphatic heterocycles. The maximum atomic E-state index is 4.27. The summed E-state index contributed by atoms with van der Waals surface area (Å²) in [6.45, 7) is 2.97. The number of rotatable bonds is 4. The fourth-order valence-corrected chi connectivity index (χ4v) is 1.22. The van der Waals surface area contributed by atoms with Gasteiger partial charge in [-0.3, -0.25) is 0 Å². The molecule has 0 amide bonds. The third-order valence-electron chi connectivity index (χ3n) is 1.12. The van der Waals surface area contributed by atoms with E-state index in [1.54, 1.807) is 5.12 Å². The molecular weight excluding hydrogens is 207 g/mol. The summed E-state index contributed by atoms with van der Waals surface area (Å²) < 4.78 is 0.893. The number of hydrogen-bond donors (Lipinski definition) is 2. The first-order chi connectivity index (χ1) is 5.26. The molecule has 0 atom stereocenters.